The molecule has 7 nitrogen and oxygen atoms in total. The average Bonchev–Trinajstić information content (AvgIpc) is 3.17. The second-order valence-electron chi connectivity index (χ2n) is 7.22. The summed E-state index contributed by atoms with van der Waals surface area (Å²) in [5, 5.41) is 4.27. The van der Waals surface area contributed by atoms with Crippen molar-refractivity contribution < 1.29 is 9.21 Å². The summed E-state index contributed by atoms with van der Waals surface area (Å²) in [6.07, 6.45) is 3.43. The van der Waals surface area contributed by atoms with Gasteiger partial charge in [0.15, 0.2) is 11.5 Å². The standard InChI is InChI=1S/C21H24N4O3/c1-2-3-12-25-19(26)9-8-17(23-25)21(27)24-13-10-15(11-14-24)20-22-16-6-4-5-7-18(16)28-20/h4-9,15H,2-3,10-14H2,1H3. The SMILES string of the molecule is CCCCn1nc(C(=O)N2CCC(c3nc4ccccc4o3)CC2)ccc1=O. The average molecular weight is 380 g/mol. The summed E-state index contributed by atoms with van der Waals surface area (Å²) in [6.45, 7) is 3.84. The lowest BCUT2D eigenvalue weighted by Gasteiger charge is -2.30. The van der Waals surface area contributed by atoms with E-state index in [1.807, 2.05) is 24.3 Å². The molecule has 7 heteroatoms. The molecule has 1 aliphatic rings. The predicted molar refractivity (Wildman–Crippen MR) is 105 cm³/mol. The van der Waals surface area contributed by atoms with E-state index in [0.717, 1.165) is 42.7 Å². The van der Waals surface area contributed by atoms with Gasteiger partial charge in [0.25, 0.3) is 11.5 Å². The summed E-state index contributed by atoms with van der Waals surface area (Å²) in [7, 11) is 0. The van der Waals surface area contributed by atoms with Gasteiger partial charge in [0.1, 0.15) is 11.2 Å². The van der Waals surface area contributed by atoms with Crippen LogP contribution in [0.3, 0.4) is 0 Å². The Bertz CT molecular complexity index is 998. The largest absolute Gasteiger partial charge is 0.440 e. The van der Waals surface area contributed by atoms with Gasteiger partial charge in [-0.15, -0.1) is 0 Å². The highest BCUT2D eigenvalue weighted by Gasteiger charge is 2.28. The van der Waals surface area contributed by atoms with E-state index in [4.69, 9.17) is 4.42 Å². The molecule has 3 aromatic rings. The van der Waals surface area contributed by atoms with Crippen LogP contribution in [0.25, 0.3) is 11.1 Å². The number of nitrogens with zero attached hydrogens (tertiary/aromatic N) is 4. The molecule has 0 saturated carbocycles. The fraction of sp³-hybridized carbons (Fsp3) is 0.429. The van der Waals surface area contributed by atoms with Crippen molar-refractivity contribution >= 4 is 17.0 Å². The Labute approximate surface area is 163 Å². The molecule has 0 unspecified atom stereocenters. The first-order chi connectivity index (χ1) is 13.7. The van der Waals surface area contributed by atoms with E-state index >= 15 is 0 Å². The van der Waals surface area contributed by atoms with Crippen LogP contribution in [-0.2, 0) is 6.54 Å². The van der Waals surface area contributed by atoms with Crippen LogP contribution in [0.15, 0.2) is 45.6 Å². The number of hydrogen-bond donors (Lipinski definition) is 0. The number of rotatable bonds is 5. The second-order valence-corrected chi connectivity index (χ2v) is 7.22. The van der Waals surface area contributed by atoms with E-state index in [-0.39, 0.29) is 17.4 Å². The number of aromatic nitrogens is 3. The quantitative estimate of drug-likeness (QED) is 0.679. The Hall–Kier alpha value is -2.96. The number of piperidine rings is 1. The highest BCUT2D eigenvalue weighted by molar-refractivity contribution is 5.92. The van der Waals surface area contributed by atoms with E-state index in [9.17, 15) is 9.59 Å². The molecule has 0 bridgehead atoms. The number of carbonyl (C=O) groups is 1. The van der Waals surface area contributed by atoms with Crippen molar-refractivity contribution in [2.45, 2.75) is 45.1 Å². The van der Waals surface area contributed by atoms with Crippen LogP contribution in [0.1, 0.15) is 54.9 Å². The zero-order chi connectivity index (χ0) is 19.5. The van der Waals surface area contributed by atoms with E-state index in [2.05, 4.69) is 17.0 Å². The first kappa shape index (κ1) is 18.4. The maximum absolute atomic E-state index is 12.8. The minimum Gasteiger partial charge on any atom is -0.440 e. The van der Waals surface area contributed by atoms with Gasteiger partial charge in [-0.2, -0.15) is 5.10 Å². The van der Waals surface area contributed by atoms with Crippen LogP contribution in [0.2, 0.25) is 0 Å². The van der Waals surface area contributed by atoms with Gasteiger partial charge >= 0.3 is 0 Å². The summed E-state index contributed by atoms with van der Waals surface area (Å²) in [5.74, 6) is 0.837. The molecular weight excluding hydrogens is 356 g/mol. The Morgan fingerprint density at radius 1 is 1.18 bits per heavy atom. The van der Waals surface area contributed by atoms with Gasteiger partial charge in [0, 0.05) is 31.6 Å². The molecular formula is C21H24N4O3. The monoisotopic (exact) mass is 380 g/mol. The fourth-order valence-electron chi connectivity index (χ4n) is 3.59. The maximum atomic E-state index is 12.8. The number of fused-ring (bicyclic) bond motifs is 1. The molecule has 3 heterocycles. The molecule has 1 fully saturated rings. The minimum absolute atomic E-state index is 0.124. The van der Waals surface area contributed by atoms with Gasteiger partial charge in [-0.05, 0) is 37.5 Å². The highest BCUT2D eigenvalue weighted by Crippen LogP contribution is 2.30. The molecule has 0 aliphatic carbocycles. The third-order valence-electron chi connectivity index (χ3n) is 5.25. The molecule has 28 heavy (non-hydrogen) atoms. The van der Waals surface area contributed by atoms with Crippen molar-refractivity contribution in [3.05, 3.63) is 58.3 Å². The van der Waals surface area contributed by atoms with Crippen molar-refractivity contribution in [2.24, 2.45) is 0 Å². The van der Waals surface area contributed by atoms with Crippen LogP contribution < -0.4 is 5.56 Å². The summed E-state index contributed by atoms with van der Waals surface area (Å²) in [6, 6.07) is 10.7. The zero-order valence-corrected chi connectivity index (χ0v) is 16.0. The number of carbonyl (C=O) groups excluding carboxylic acids is 1. The third kappa shape index (κ3) is 3.69. The Kier molecular flexibility index (Phi) is 5.23. The molecule has 0 spiro atoms. The number of hydrogen-bond acceptors (Lipinski definition) is 5. The van der Waals surface area contributed by atoms with Crippen molar-refractivity contribution in [3.63, 3.8) is 0 Å². The Morgan fingerprint density at radius 3 is 2.71 bits per heavy atom. The molecule has 4 rings (SSSR count). The lowest BCUT2D eigenvalue weighted by molar-refractivity contribution is 0.0697. The van der Waals surface area contributed by atoms with E-state index in [0.29, 0.717) is 25.3 Å². The maximum Gasteiger partial charge on any atom is 0.274 e. The van der Waals surface area contributed by atoms with Gasteiger partial charge in [-0.1, -0.05) is 25.5 Å². The van der Waals surface area contributed by atoms with Gasteiger partial charge in [-0.25, -0.2) is 9.67 Å². The van der Waals surface area contributed by atoms with Crippen LogP contribution in [0, 0.1) is 0 Å². The number of aryl methyl sites for hydroxylation is 1. The van der Waals surface area contributed by atoms with Crippen molar-refractivity contribution in [3.8, 4) is 0 Å². The van der Waals surface area contributed by atoms with Crippen LogP contribution in [-0.4, -0.2) is 38.7 Å². The van der Waals surface area contributed by atoms with E-state index in [1.54, 1.807) is 4.90 Å². The lowest BCUT2D eigenvalue weighted by atomic mass is 9.96. The third-order valence-corrected chi connectivity index (χ3v) is 5.25. The number of likely N-dealkylation sites (tertiary alicyclic amines) is 1. The summed E-state index contributed by atoms with van der Waals surface area (Å²) >= 11 is 0. The smallest absolute Gasteiger partial charge is 0.274 e. The molecule has 0 N–H and O–H groups in total. The first-order valence-corrected chi connectivity index (χ1v) is 9.88. The summed E-state index contributed by atoms with van der Waals surface area (Å²) in [4.78, 5) is 31.1. The number of benzene rings is 1. The highest BCUT2D eigenvalue weighted by atomic mass is 16.3. The van der Waals surface area contributed by atoms with Gasteiger partial charge < -0.3 is 9.32 Å². The minimum atomic E-state index is -0.167. The van der Waals surface area contributed by atoms with E-state index in [1.165, 1.54) is 16.8 Å². The molecule has 1 aliphatic heterocycles. The Morgan fingerprint density at radius 2 is 1.96 bits per heavy atom. The topological polar surface area (TPSA) is 81.2 Å². The molecule has 1 aromatic carbocycles. The van der Waals surface area contributed by atoms with Crippen molar-refractivity contribution in [1.29, 1.82) is 0 Å². The van der Waals surface area contributed by atoms with Gasteiger partial charge in [0.05, 0.1) is 0 Å². The summed E-state index contributed by atoms with van der Waals surface area (Å²) < 4.78 is 7.28. The molecule has 0 atom stereocenters. The van der Waals surface area contributed by atoms with Crippen LogP contribution in [0.4, 0.5) is 0 Å². The second kappa shape index (κ2) is 7.96. The van der Waals surface area contributed by atoms with Crippen LogP contribution >= 0.6 is 0 Å². The molecule has 146 valence electrons. The van der Waals surface area contributed by atoms with Gasteiger partial charge in [0.2, 0.25) is 0 Å². The number of oxazole rings is 1. The number of para-hydroxylation sites is 2. The lowest BCUT2D eigenvalue weighted by Crippen LogP contribution is -2.39. The zero-order valence-electron chi connectivity index (χ0n) is 16.0. The number of unbranched alkanes of at least 4 members (excludes halogenated alkanes) is 1. The predicted octanol–water partition coefficient (Wildman–Crippen LogP) is 3.20. The van der Waals surface area contributed by atoms with Crippen LogP contribution in [0.5, 0.6) is 0 Å². The first-order valence-electron chi connectivity index (χ1n) is 9.88. The van der Waals surface area contributed by atoms with E-state index < -0.39 is 0 Å². The Balaban J connectivity index is 1.43. The van der Waals surface area contributed by atoms with Crippen molar-refractivity contribution in [2.75, 3.05) is 13.1 Å². The molecule has 0 radical (unpaired) electrons. The molecule has 1 saturated heterocycles. The van der Waals surface area contributed by atoms with Crippen molar-refractivity contribution in [1.82, 2.24) is 19.7 Å². The molecule has 1 amide bonds. The summed E-state index contributed by atoms with van der Waals surface area (Å²) in [5.41, 5.74) is 1.83. The molecule has 2 aromatic heterocycles. The van der Waals surface area contributed by atoms with Gasteiger partial charge in [-0.3, -0.25) is 9.59 Å². The number of amides is 1. The normalized spacial score (nSPS) is 15.2. The fourth-order valence-corrected chi connectivity index (χ4v) is 3.59.